The van der Waals surface area contributed by atoms with Gasteiger partial charge in [0.25, 0.3) is 0 Å². The van der Waals surface area contributed by atoms with E-state index in [4.69, 9.17) is 11.6 Å². The molecule has 0 amide bonds. The van der Waals surface area contributed by atoms with E-state index in [1.807, 2.05) is 6.07 Å². The first kappa shape index (κ1) is 12.6. The Labute approximate surface area is 109 Å². The minimum atomic E-state index is -3.42. The lowest BCUT2D eigenvalue weighted by molar-refractivity contribution is 0.583. The predicted octanol–water partition coefficient (Wildman–Crippen LogP) is 2.88. The zero-order valence-corrected chi connectivity index (χ0v) is 11.1. The molecule has 0 saturated carbocycles. The second-order valence-electron chi connectivity index (χ2n) is 3.35. The molecule has 0 radical (unpaired) electrons. The summed E-state index contributed by atoms with van der Waals surface area (Å²) < 4.78 is 26.5. The lowest BCUT2D eigenvalue weighted by Crippen LogP contribution is -2.22. The van der Waals surface area contributed by atoms with Gasteiger partial charge in [-0.05, 0) is 23.1 Å². The highest BCUT2D eigenvalue weighted by Crippen LogP contribution is 2.18. The van der Waals surface area contributed by atoms with Gasteiger partial charge in [0.05, 0.1) is 0 Å². The highest BCUT2D eigenvalue weighted by molar-refractivity contribution is 7.91. The summed E-state index contributed by atoms with van der Waals surface area (Å²) >= 11 is 7.13. The highest BCUT2D eigenvalue weighted by atomic mass is 35.5. The molecule has 0 atom stereocenters. The Balaban J connectivity index is 2.12. The van der Waals surface area contributed by atoms with Crippen molar-refractivity contribution in [3.05, 3.63) is 52.4 Å². The predicted molar refractivity (Wildman–Crippen MR) is 69.8 cm³/mol. The van der Waals surface area contributed by atoms with Gasteiger partial charge < -0.3 is 0 Å². The van der Waals surface area contributed by atoms with Crippen molar-refractivity contribution < 1.29 is 8.42 Å². The highest BCUT2D eigenvalue weighted by Gasteiger charge is 2.14. The molecule has 1 aromatic heterocycles. The Kier molecular flexibility index (Phi) is 3.83. The van der Waals surface area contributed by atoms with Crippen LogP contribution in [0.25, 0.3) is 0 Å². The monoisotopic (exact) mass is 287 g/mol. The number of rotatable bonds is 4. The second kappa shape index (κ2) is 5.18. The fourth-order valence-corrected chi connectivity index (χ4v) is 3.55. The van der Waals surface area contributed by atoms with Crippen LogP contribution in [0, 0.1) is 0 Å². The molecule has 0 saturated heterocycles. The molecular weight excluding hydrogens is 278 g/mol. The Morgan fingerprint density at radius 2 is 1.94 bits per heavy atom. The summed E-state index contributed by atoms with van der Waals surface area (Å²) in [5, 5.41) is 2.28. The van der Waals surface area contributed by atoms with Gasteiger partial charge in [0.15, 0.2) is 0 Å². The molecule has 0 unspecified atom stereocenters. The SMILES string of the molecule is O=S(=O)(NCc1ccccc1Cl)c1cccs1. The van der Waals surface area contributed by atoms with Crippen LogP contribution in [0.4, 0.5) is 0 Å². The first-order chi connectivity index (χ1) is 8.09. The summed E-state index contributed by atoms with van der Waals surface area (Å²) in [4.78, 5) is 0. The fraction of sp³-hybridized carbons (Fsp3) is 0.0909. The Morgan fingerprint density at radius 3 is 2.59 bits per heavy atom. The van der Waals surface area contributed by atoms with Crippen molar-refractivity contribution in [2.24, 2.45) is 0 Å². The van der Waals surface area contributed by atoms with Crippen molar-refractivity contribution in [1.29, 1.82) is 0 Å². The van der Waals surface area contributed by atoms with Crippen molar-refractivity contribution in [2.75, 3.05) is 0 Å². The summed E-state index contributed by atoms with van der Waals surface area (Å²) in [6, 6.07) is 10.4. The fourth-order valence-electron chi connectivity index (χ4n) is 1.30. The molecule has 6 heteroatoms. The van der Waals surface area contributed by atoms with E-state index >= 15 is 0 Å². The summed E-state index contributed by atoms with van der Waals surface area (Å²) in [5.74, 6) is 0. The van der Waals surface area contributed by atoms with Gasteiger partial charge >= 0.3 is 0 Å². The Bertz CT molecular complexity index is 594. The average Bonchev–Trinajstić information content (AvgIpc) is 2.82. The lowest BCUT2D eigenvalue weighted by Gasteiger charge is -2.06. The molecule has 0 aliphatic carbocycles. The Hall–Kier alpha value is -0.880. The first-order valence-corrected chi connectivity index (χ1v) is 7.60. The number of halogens is 1. The summed E-state index contributed by atoms with van der Waals surface area (Å²) in [7, 11) is -3.42. The molecule has 1 heterocycles. The second-order valence-corrected chi connectivity index (χ2v) is 6.70. The molecule has 0 aliphatic rings. The summed E-state index contributed by atoms with van der Waals surface area (Å²) in [6.45, 7) is 0.194. The zero-order valence-electron chi connectivity index (χ0n) is 8.76. The van der Waals surface area contributed by atoms with Gasteiger partial charge in [-0.25, -0.2) is 13.1 Å². The van der Waals surface area contributed by atoms with Gasteiger partial charge in [-0.15, -0.1) is 11.3 Å². The van der Waals surface area contributed by atoms with Crippen molar-refractivity contribution in [1.82, 2.24) is 4.72 Å². The number of nitrogens with one attached hydrogen (secondary N) is 1. The summed E-state index contributed by atoms with van der Waals surface area (Å²) in [5.41, 5.74) is 0.759. The average molecular weight is 288 g/mol. The van der Waals surface area contributed by atoms with Crippen LogP contribution in [0.1, 0.15) is 5.56 Å². The van der Waals surface area contributed by atoms with Gasteiger partial charge in [0, 0.05) is 11.6 Å². The maximum absolute atomic E-state index is 11.8. The van der Waals surface area contributed by atoms with Crippen molar-refractivity contribution >= 4 is 33.0 Å². The van der Waals surface area contributed by atoms with Crippen molar-refractivity contribution in [2.45, 2.75) is 10.8 Å². The Morgan fingerprint density at radius 1 is 1.18 bits per heavy atom. The minimum Gasteiger partial charge on any atom is -0.206 e. The van der Waals surface area contributed by atoms with Gasteiger partial charge in [0.1, 0.15) is 4.21 Å². The number of benzene rings is 1. The summed E-state index contributed by atoms with van der Waals surface area (Å²) in [6.07, 6.45) is 0. The molecular formula is C11H10ClNO2S2. The number of sulfonamides is 1. The molecule has 2 rings (SSSR count). The normalized spacial score (nSPS) is 11.6. The largest absolute Gasteiger partial charge is 0.250 e. The van der Waals surface area contributed by atoms with E-state index in [1.165, 1.54) is 11.3 Å². The van der Waals surface area contributed by atoms with Crippen LogP contribution < -0.4 is 4.72 Å². The molecule has 2 aromatic rings. The van der Waals surface area contributed by atoms with Gasteiger partial charge in [-0.1, -0.05) is 35.9 Å². The quantitative estimate of drug-likeness (QED) is 0.940. The third-order valence-electron chi connectivity index (χ3n) is 2.17. The molecule has 0 bridgehead atoms. The molecule has 0 fully saturated rings. The molecule has 1 N–H and O–H groups in total. The molecule has 17 heavy (non-hydrogen) atoms. The van der Waals surface area contributed by atoms with Crippen LogP contribution >= 0.6 is 22.9 Å². The maximum atomic E-state index is 11.8. The van der Waals surface area contributed by atoms with Crippen LogP contribution in [-0.2, 0) is 16.6 Å². The van der Waals surface area contributed by atoms with Crippen molar-refractivity contribution in [3.8, 4) is 0 Å². The zero-order chi connectivity index (χ0) is 12.3. The van der Waals surface area contributed by atoms with E-state index in [9.17, 15) is 8.42 Å². The molecule has 0 spiro atoms. The minimum absolute atomic E-state index is 0.194. The third kappa shape index (κ3) is 3.07. The molecule has 0 aliphatic heterocycles. The molecule has 90 valence electrons. The van der Waals surface area contributed by atoms with Gasteiger partial charge in [-0.2, -0.15) is 0 Å². The van der Waals surface area contributed by atoms with E-state index in [0.29, 0.717) is 9.23 Å². The van der Waals surface area contributed by atoms with Crippen molar-refractivity contribution in [3.63, 3.8) is 0 Å². The molecule has 1 aromatic carbocycles. The lowest BCUT2D eigenvalue weighted by atomic mass is 10.2. The maximum Gasteiger partial charge on any atom is 0.250 e. The third-order valence-corrected chi connectivity index (χ3v) is 5.34. The standard InChI is InChI=1S/C11H10ClNO2S2/c12-10-5-2-1-4-9(10)8-13-17(14,15)11-6-3-7-16-11/h1-7,13H,8H2. The van der Waals surface area contributed by atoms with Gasteiger partial charge in [0.2, 0.25) is 10.0 Å². The topological polar surface area (TPSA) is 46.2 Å². The van der Waals surface area contributed by atoms with Crippen LogP contribution in [0.2, 0.25) is 5.02 Å². The smallest absolute Gasteiger partial charge is 0.206 e. The van der Waals surface area contributed by atoms with Crippen LogP contribution in [-0.4, -0.2) is 8.42 Å². The van der Waals surface area contributed by atoms with E-state index in [-0.39, 0.29) is 6.54 Å². The first-order valence-electron chi connectivity index (χ1n) is 4.86. The van der Waals surface area contributed by atoms with Crippen LogP contribution in [0.15, 0.2) is 46.0 Å². The van der Waals surface area contributed by atoms with E-state index < -0.39 is 10.0 Å². The van der Waals surface area contributed by atoms with E-state index in [1.54, 1.807) is 35.7 Å². The number of thiophene rings is 1. The van der Waals surface area contributed by atoms with E-state index in [0.717, 1.165) is 5.56 Å². The molecule has 3 nitrogen and oxygen atoms in total. The van der Waals surface area contributed by atoms with Crippen LogP contribution in [0.3, 0.4) is 0 Å². The number of hydrogen-bond donors (Lipinski definition) is 1. The number of hydrogen-bond acceptors (Lipinski definition) is 3. The van der Waals surface area contributed by atoms with Gasteiger partial charge in [-0.3, -0.25) is 0 Å². The van der Waals surface area contributed by atoms with E-state index in [2.05, 4.69) is 4.72 Å². The van der Waals surface area contributed by atoms with Crippen LogP contribution in [0.5, 0.6) is 0 Å².